The van der Waals surface area contributed by atoms with Crippen molar-refractivity contribution in [2.24, 2.45) is 0 Å². The van der Waals surface area contributed by atoms with Crippen LogP contribution in [0.25, 0.3) is 0 Å². The summed E-state index contributed by atoms with van der Waals surface area (Å²) in [6, 6.07) is 1.25. The Morgan fingerprint density at radius 3 is 2.36 bits per heavy atom. The summed E-state index contributed by atoms with van der Waals surface area (Å²) in [7, 11) is 0. The number of nitrogens with zero attached hydrogens (tertiary/aromatic N) is 1. The maximum Gasteiger partial charge on any atom is 0.573 e. The van der Waals surface area contributed by atoms with Crippen molar-refractivity contribution in [1.82, 2.24) is 4.98 Å². The second kappa shape index (κ2) is 3.24. The Kier molecular flexibility index (Phi) is 2.41. The zero-order chi connectivity index (χ0) is 10.9. The Bertz CT molecular complexity index is 328. The van der Waals surface area contributed by atoms with Crippen molar-refractivity contribution >= 4 is 11.5 Å². The van der Waals surface area contributed by atoms with Crippen molar-refractivity contribution in [3.63, 3.8) is 0 Å². The van der Waals surface area contributed by atoms with Crippen molar-refractivity contribution < 1.29 is 17.9 Å². The van der Waals surface area contributed by atoms with Crippen molar-refractivity contribution in [3.05, 3.63) is 11.8 Å². The molecule has 0 saturated heterocycles. The van der Waals surface area contributed by atoms with Crippen LogP contribution in [0.5, 0.6) is 5.75 Å². The average molecular weight is 207 g/mol. The fraction of sp³-hybridized carbons (Fsp3) is 0.286. The fourth-order valence-corrected chi connectivity index (χ4v) is 0.938. The lowest BCUT2D eigenvalue weighted by Crippen LogP contribution is -2.19. The Hall–Kier alpha value is -1.66. The molecule has 7 heteroatoms. The number of aromatic nitrogens is 1. The van der Waals surface area contributed by atoms with Crippen LogP contribution in [-0.4, -0.2) is 11.3 Å². The highest BCUT2D eigenvalue weighted by atomic mass is 19.4. The summed E-state index contributed by atoms with van der Waals surface area (Å²) < 4.78 is 39.1. The standard InChI is InChI=1S/C7H8F3N3O/c1-3-2-4(11)5(6(12)13-3)14-7(8,9)10/h2H,1H3,(H4,11,12,13). The zero-order valence-corrected chi connectivity index (χ0v) is 7.22. The van der Waals surface area contributed by atoms with E-state index >= 15 is 0 Å². The molecule has 4 nitrogen and oxygen atoms in total. The number of ether oxygens (including phenoxy) is 1. The number of nitrogen functional groups attached to an aromatic ring is 2. The normalized spacial score (nSPS) is 11.4. The van der Waals surface area contributed by atoms with Crippen LogP contribution in [0.15, 0.2) is 6.07 Å². The monoisotopic (exact) mass is 207 g/mol. The first kappa shape index (κ1) is 10.4. The van der Waals surface area contributed by atoms with Crippen LogP contribution in [0.1, 0.15) is 5.69 Å². The molecule has 0 radical (unpaired) electrons. The Balaban J connectivity index is 3.09. The van der Waals surface area contributed by atoms with E-state index in [0.717, 1.165) is 0 Å². The summed E-state index contributed by atoms with van der Waals surface area (Å²) in [6.45, 7) is 1.56. The minimum Gasteiger partial charge on any atom is -0.400 e. The Labute approximate surface area is 77.7 Å². The molecule has 0 aliphatic rings. The second-order valence-electron chi connectivity index (χ2n) is 2.62. The predicted molar refractivity (Wildman–Crippen MR) is 44.5 cm³/mol. The lowest BCUT2D eigenvalue weighted by atomic mass is 10.3. The molecule has 0 aliphatic heterocycles. The van der Waals surface area contributed by atoms with Gasteiger partial charge in [0.1, 0.15) is 0 Å². The number of anilines is 2. The van der Waals surface area contributed by atoms with Crippen LogP contribution in [0.2, 0.25) is 0 Å². The predicted octanol–water partition coefficient (Wildman–Crippen LogP) is 1.45. The van der Waals surface area contributed by atoms with E-state index in [1.54, 1.807) is 6.92 Å². The lowest BCUT2D eigenvalue weighted by molar-refractivity contribution is -0.274. The van der Waals surface area contributed by atoms with E-state index in [4.69, 9.17) is 11.5 Å². The van der Waals surface area contributed by atoms with E-state index in [2.05, 4.69) is 9.72 Å². The van der Waals surface area contributed by atoms with E-state index < -0.39 is 12.1 Å². The van der Waals surface area contributed by atoms with Crippen LogP contribution < -0.4 is 16.2 Å². The molecule has 0 unspecified atom stereocenters. The molecule has 1 aromatic rings. The van der Waals surface area contributed by atoms with Gasteiger partial charge in [0.05, 0.1) is 5.69 Å². The Morgan fingerprint density at radius 2 is 1.93 bits per heavy atom. The molecule has 1 rings (SSSR count). The summed E-state index contributed by atoms with van der Waals surface area (Å²) in [5.74, 6) is -1.03. The first-order valence-corrected chi connectivity index (χ1v) is 3.58. The molecule has 1 heterocycles. The van der Waals surface area contributed by atoms with Crippen molar-refractivity contribution in [3.8, 4) is 5.75 Å². The van der Waals surface area contributed by atoms with Crippen LogP contribution in [0, 0.1) is 6.92 Å². The molecular weight excluding hydrogens is 199 g/mol. The highest BCUT2D eigenvalue weighted by molar-refractivity contribution is 5.64. The quantitative estimate of drug-likeness (QED) is 0.730. The summed E-state index contributed by atoms with van der Waals surface area (Å²) in [4.78, 5) is 3.59. The number of hydrogen-bond donors (Lipinski definition) is 2. The molecule has 0 spiro atoms. The second-order valence-corrected chi connectivity index (χ2v) is 2.62. The minimum absolute atomic E-state index is 0.188. The molecular formula is C7H8F3N3O. The highest BCUT2D eigenvalue weighted by Crippen LogP contribution is 2.32. The largest absolute Gasteiger partial charge is 0.573 e. The topological polar surface area (TPSA) is 74.2 Å². The first-order valence-electron chi connectivity index (χ1n) is 3.58. The smallest absolute Gasteiger partial charge is 0.400 e. The van der Waals surface area contributed by atoms with Gasteiger partial charge in [-0.2, -0.15) is 0 Å². The number of aryl methyl sites for hydroxylation is 1. The number of pyridine rings is 1. The van der Waals surface area contributed by atoms with Gasteiger partial charge in [-0.1, -0.05) is 0 Å². The maximum atomic E-state index is 11.8. The van der Waals surface area contributed by atoms with E-state index in [-0.39, 0.29) is 11.5 Å². The van der Waals surface area contributed by atoms with Gasteiger partial charge >= 0.3 is 6.36 Å². The van der Waals surface area contributed by atoms with Gasteiger partial charge in [-0.25, -0.2) is 4.98 Å². The minimum atomic E-state index is -4.82. The number of hydrogen-bond acceptors (Lipinski definition) is 4. The van der Waals surface area contributed by atoms with E-state index in [0.29, 0.717) is 5.69 Å². The molecule has 0 aromatic carbocycles. The number of halogens is 3. The summed E-state index contributed by atoms with van der Waals surface area (Å²) in [5.41, 5.74) is 10.7. The molecule has 0 bridgehead atoms. The van der Waals surface area contributed by atoms with Crippen LogP contribution in [-0.2, 0) is 0 Å². The van der Waals surface area contributed by atoms with Crippen LogP contribution in [0.3, 0.4) is 0 Å². The van der Waals surface area contributed by atoms with Gasteiger partial charge in [0.2, 0.25) is 0 Å². The third kappa shape index (κ3) is 2.41. The molecule has 0 fully saturated rings. The van der Waals surface area contributed by atoms with Gasteiger partial charge in [0.15, 0.2) is 11.6 Å². The zero-order valence-electron chi connectivity index (χ0n) is 7.22. The molecule has 78 valence electrons. The van der Waals surface area contributed by atoms with Gasteiger partial charge in [0, 0.05) is 5.69 Å². The van der Waals surface area contributed by atoms with Gasteiger partial charge in [-0.3, -0.25) is 0 Å². The summed E-state index contributed by atoms with van der Waals surface area (Å²) in [5, 5.41) is 0. The van der Waals surface area contributed by atoms with E-state index in [1.807, 2.05) is 0 Å². The number of rotatable bonds is 1. The molecule has 0 aliphatic carbocycles. The summed E-state index contributed by atoms with van der Waals surface area (Å²) >= 11 is 0. The van der Waals surface area contributed by atoms with Gasteiger partial charge in [-0.15, -0.1) is 13.2 Å². The molecule has 14 heavy (non-hydrogen) atoms. The van der Waals surface area contributed by atoms with E-state index in [9.17, 15) is 13.2 Å². The van der Waals surface area contributed by atoms with Gasteiger partial charge in [0.25, 0.3) is 0 Å². The van der Waals surface area contributed by atoms with Crippen molar-refractivity contribution in [2.75, 3.05) is 11.5 Å². The lowest BCUT2D eigenvalue weighted by Gasteiger charge is -2.12. The number of nitrogens with two attached hydrogens (primary N) is 2. The molecule has 4 N–H and O–H groups in total. The first-order chi connectivity index (χ1) is 6.29. The molecule has 0 atom stereocenters. The van der Waals surface area contributed by atoms with E-state index in [1.165, 1.54) is 6.07 Å². The van der Waals surface area contributed by atoms with Gasteiger partial charge < -0.3 is 16.2 Å². The van der Waals surface area contributed by atoms with Crippen LogP contribution in [0.4, 0.5) is 24.7 Å². The SMILES string of the molecule is Cc1cc(N)c(OC(F)(F)F)c(N)n1. The molecule has 1 aromatic heterocycles. The number of alkyl halides is 3. The highest BCUT2D eigenvalue weighted by Gasteiger charge is 2.33. The third-order valence-electron chi connectivity index (χ3n) is 1.37. The van der Waals surface area contributed by atoms with Crippen molar-refractivity contribution in [2.45, 2.75) is 13.3 Å². The van der Waals surface area contributed by atoms with Gasteiger partial charge in [-0.05, 0) is 13.0 Å². The molecule has 0 saturated carbocycles. The van der Waals surface area contributed by atoms with Crippen LogP contribution >= 0.6 is 0 Å². The third-order valence-corrected chi connectivity index (χ3v) is 1.37. The Morgan fingerprint density at radius 1 is 1.36 bits per heavy atom. The maximum absolute atomic E-state index is 11.8. The average Bonchev–Trinajstić information content (AvgIpc) is 1.95. The molecule has 0 amide bonds. The van der Waals surface area contributed by atoms with Crippen molar-refractivity contribution in [1.29, 1.82) is 0 Å². The summed E-state index contributed by atoms with van der Waals surface area (Å²) in [6.07, 6.45) is -4.82. The fourth-order valence-electron chi connectivity index (χ4n) is 0.938.